The standard InChI is InChI=1S/C19H16Cl2N4O3/c1-11-18(22-19(26)14-4-3-5-15(9-14)25(27)28)12(2)24(23-11)10-13-6-7-16(20)17(21)8-13/h3-9H,10H2,1-2H3,(H,22,26). The van der Waals surface area contributed by atoms with Crippen molar-refractivity contribution in [2.45, 2.75) is 20.4 Å². The van der Waals surface area contributed by atoms with E-state index in [2.05, 4.69) is 10.4 Å². The Labute approximate surface area is 171 Å². The lowest BCUT2D eigenvalue weighted by atomic mass is 10.2. The second-order valence-corrected chi connectivity index (χ2v) is 7.03. The Morgan fingerprint density at radius 1 is 1.18 bits per heavy atom. The normalized spacial score (nSPS) is 10.7. The molecule has 0 spiro atoms. The highest BCUT2D eigenvalue weighted by molar-refractivity contribution is 6.42. The van der Waals surface area contributed by atoms with Gasteiger partial charge in [-0.05, 0) is 37.6 Å². The van der Waals surface area contributed by atoms with Crippen molar-refractivity contribution in [1.82, 2.24) is 9.78 Å². The van der Waals surface area contributed by atoms with Crippen molar-refractivity contribution >= 4 is 40.5 Å². The van der Waals surface area contributed by atoms with Crippen LogP contribution in [-0.4, -0.2) is 20.6 Å². The molecule has 2 aromatic carbocycles. The van der Waals surface area contributed by atoms with Crippen LogP contribution in [0.5, 0.6) is 0 Å². The highest BCUT2D eigenvalue weighted by Crippen LogP contribution is 2.25. The largest absolute Gasteiger partial charge is 0.319 e. The molecule has 1 heterocycles. The lowest BCUT2D eigenvalue weighted by Crippen LogP contribution is -2.13. The Hall–Kier alpha value is -2.90. The fourth-order valence-electron chi connectivity index (χ4n) is 2.79. The van der Waals surface area contributed by atoms with E-state index in [-0.39, 0.29) is 11.3 Å². The number of non-ortho nitro benzene ring substituents is 1. The van der Waals surface area contributed by atoms with E-state index in [1.54, 1.807) is 23.7 Å². The number of nitro benzene ring substituents is 1. The third-order valence-corrected chi connectivity index (χ3v) is 4.99. The Bertz CT molecular complexity index is 1080. The minimum absolute atomic E-state index is 0.142. The van der Waals surface area contributed by atoms with Crippen LogP contribution in [0, 0.1) is 24.0 Å². The molecule has 0 aliphatic rings. The van der Waals surface area contributed by atoms with Crippen LogP contribution in [0.25, 0.3) is 0 Å². The smallest absolute Gasteiger partial charge is 0.270 e. The first kappa shape index (κ1) is 19.9. The number of hydrogen-bond acceptors (Lipinski definition) is 4. The number of amides is 1. The molecule has 28 heavy (non-hydrogen) atoms. The number of nitrogens with one attached hydrogen (secondary N) is 1. The van der Waals surface area contributed by atoms with Gasteiger partial charge in [0, 0.05) is 17.7 Å². The third-order valence-electron chi connectivity index (χ3n) is 4.26. The van der Waals surface area contributed by atoms with Crippen LogP contribution in [0.4, 0.5) is 11.4 Å². The Morgan fingerprint density at radius 2 is 1.93 bits per heavy atom. The van der Waals surface area contributed by atoms with Gasteiger partial charge < -0.3 is 5.32 Å². The molecule has 0 unspecified atom stereocenters. The summed E-state index contributed by atoms with van der Waals surface area (Å²) < 4.78 is 1.75. The second-order valence-electron chi connectivity index (χ2n) is 6.21. The van der Waals surface area contributed by atoms with Crippen LogP contribution in [0.1, 0.15) is 27.3 Å². The number of nitro groups is 1. The molecule has 3 aromatic rings. The van der Waals surface area contributed by atoms with Gasteiger partial charge in [-0.15, -0.1) is 0 Å². The van der Waals surface area contributed by atoms with Gasteiger partial charge in [-0.25, -0.2) is 0 Å². The van der Waals surface area contributed by atoms with E-state index in [4.69, 9.17) is 23.2 Å². The number of carbonyl (C=O) groups is 1. The zero-order valence-electron chi connectivity index (χ0n) is 15.1. The maximum absolute atomic E-state index is 12.5. The second kappa shape index (κ2) is 8.00. The lowest BCUT2D eigenvalue weighted by Gasteiger charge is -2.08. The number of aromatic nitrogens is 2. The van der Waals surface area contributed by atoms with Gasteiger partial charge >= 0.3 is 0 Å². The van der Waals surface area contributed by atoms with E-state index in [0.717, 1.165) is 11.3 Å². The molecule has 0 saturated carbocycles. The average Bonchev–Trinajstić information content (AvgIpc) is 2.92. The van der Waals surface area contributed by atoms with Crippen molar-refractivity contribution in [3.8, 4) is 0 Å². The van der Waals surface area contributed by atoms with Crippen molar-refractivity contribution < 1.29 is 9.72 Å². The predicted molar refractivity (Wildman–Crippen MR) is 108 cm³/mol. The summed E-state index contributed by atoms with van der Waals surface area (Å²) in [6.07, 6.45) is 0. The number of halogens is 2. The fraction of sp³-hybridized carbons (Fsp3) is 0.158. The number of carbonyl (C=O) groups excluding carboxylic acids is 1. The number of anilines is 1. The molecular formula is C19H16Cl2N4O3. The molecule has 9 heteroatoms. The van der Waals surface area contributed by atoms with Gasteiger partial charge in [0.2, 0.25) is 0 Å². The molecule has 0 radical (unpaired) electrons. The topological polar surface area (TPSA) is 90.1 Å². The highest BCUT2D eigenvalue weighted by atomic mass is 35.5. The van der Waals surface area contributed by atoms with Crippen LogP contribution in [0.15, 0.2) is 42.5 Å². The van der Waals surface area contributed by atoms with Gasteiger partial charge in [0.25, 0.3) is 11.6 Å². The number of aryl methyl sites for hydroxylation is 1. The minimum Gasteiger partial charge on any atom is -0.319 e. The van der Waals surface area contributed by atoms with Gasteiger partial charge in [-0.2, -0.15) is 5.10 Å². The highest BCUT2D eigenvalue weighted by Gasteiger charge is 2.17. The van der Waals surface area contributed by atoms with Gasteiger partial charge in [0.15, 0.2) is 0 Å². The van der Waals surface area contributed by atoms with E-state index in [1.165, 1.54) is 24.3 Å². The molecule has 0 fully saturated rings. The zero-order valence-corrected chi connectivity index (χ0v) is 16.6. The Morgan fingerprint density at radius 3 is 2.61 bits per heavy atom. The first-order chi connectivity index (χ1) is 13.3. The first-order valence-corrected chi connectivity index (χ1v) is 9.05. The summed E-state index contributed by atoms with van der Waals surface area (Å²) in [5.74, 6) is -0.441. The Kier molecular flexibility index (Phi) is 5.67. The maximum atomic E-state index is 12.5. The summed E-state index contributed by atoms with van der Waals surface area (Å²) in [4.78, 5) is 22.9. The molecule has 3 rings (SSSR count). The molecule has 144 valence electrons. The van der Waals surface area contributed by atoms with Crippen LogP contribution in [0.3, 0.4) is 0 Å². The van der Waals surface area contributed by atoms with Crippen LogP contribution in [-0.2, 0) is 6.54 Å². The summed E-state index contributed by atoms with van der Waals surface area (Å²) in [5, 5.41) is 19.1. The monoisotopic (exact) mass is 418 g/mol. The molecule has 0 aliphatic carbocycles. The van der Waals surface area contributed by atoms with Gasteiger partial charge in [0.1, 0.15) is 0 Å². The zero-order chi connectivity index (χ0) is 20.4. The van der Waals surface area contributed by atoms with Crippen LogP contribution >= 0.6 is 23.2 Å². The Balaban J connectivity index is 1.83. The van der Waals surface area contributed by atoms with Crippen molar-refractivity contribution in [3.63, 3.8) is 0 Å². The number of rotatable bonds is 5. The van der Waals surface area contributed by atoms with E-state index >= 15 is 0 Å². The van der Waals surface area contributed by atoms with Gasteiger partial charge in [-0.1, -0.05) is 35.3 Å². The fourth-order valence-corrected chi connectivity index (χ4v) is 3.11. The molecule has 1 amide bonds. The number of benzene rings is 2. The number of nitrogens with zero attached hydrogens (tertiary/aromatic N) is 3. The van der Waals surface area contributed by atoms with E-state index < -0.39 is 10.8 Å². The van der Waals surface area contributed by atoms with Gasteiger partial charge in [-0.3, -0.25) is 19.6 Å². The predicted octanol–water partition coefficient (Wildman–Crippen LogP) is 5.02. The summed E-state index contributed by atoms with van der Waals surface area (Å²) in [6.45, 7) is 4.07. The summed E-state index contributed by atoms with van der Waals surface area (Å²) in [7, 11) is 0. The lowest BCUT2D eigenvalue weighted by molar-refractivity contribution is -0.384. The molecule has 1 aromatic heterocycles. The van der Waals surface area contributed by atoms with Crippen molar-refractivity contribution in [2.24, 2.45) is 0 Å². The quantitative estimate of drug-likeness (QED) is 0.465. The molecule has 0 bridgehead atoms. The van der Waals surface area contributed by atoms with Crippen LogP contribution in [0.2, 0.25) is 10.0 Å². The summed E-state index contributed by atoms with van der Waals surface area (Å²) in [5.41, 5.74) is 2.92. The van der Waals surface area contributed by atoms with Crippen molar-refractivity contribution in [1.29, 1.82) is 0 Å². The number of hydrogen-bond donors (Lipinski definition) is 1. The van der Waals surface area contributed by atoms with E-state index in [9.17, 15) is 14.9 Å². The third kappa shape index (κ3) is 4.16. The molecule has 0 atom stereocenters. The average molecular weight is 419 g/mol. The van der Waals surface area contributed by atoms with E-state index in [0.29, 0.717) is 28.0 Å². The van der Waals surface area contributed by atoms with Gasteiger partial charge in [0.05, 0.1) is 38.6 Å². The van der Waals surface area contributed by atoms with Crippen molar-refractivity contribution in [3.05, 3.63) is 85.1 Å². The summed E-state index contributed by atoms with van der Waals surface area (Å²) in [6, 6.07) is 10.9. The molecule has 0 saturated heterocycles. The summed E-state index contributed by atoms with van der Waals surface area (Å²) >= 11 is 12.0. The first-order valence-electron chi connectivity index (χ1n) is 8.30. The molecule has 1 N–H and O–H groups in total. The van der Waals surface area contributed by atoms with E-state index in [1.807, 2.05) is 13.0 Å². The van der Waals surface area contributed by atoms with Crippen molar-refractivity contribution in [2.75, 3.05) is 5.32 Å². The molecule has 0 aliphatic heterocycles. The molecule has 7 nitrogen and oxygen atoms in total. The van der Waals surface area contributed by atoms with Crippen LogP contribution < -0.4 is 5.32 Å². The maximum Gasteiger partial charge on any atom is 0.270 e. The SMILES string of the molecule is Cc1nn(Cc2ccc(Cl)c(Cl)c2)c(C)c1NC(=O)c1cccc([N+](=O)[O-])c1. The molecular weight excluding hydrogens is 403 g/mol. The minimum atomic E-state index is -0.539.